The van der Waals surface area contributed by atoms with Crippen LogP contribution in [0.15, 0.2) is 75.6 Å². The van der Waals surface area contributed by atoms with Crippen molar-refractivity contribution in [3.63, 3.8) is 0 Å². The van der Waals surface area contributed by atoms with Gasteiger partial charge in [0.2, 0.25) is 11.5 Å². The summed E-state index contributed by atoms with van der Waals surface area (Å²) in [5.41, 5.74) is 6.17. The van der Waals surface area contributed by atoms with E-state index in [1.165, 1.54) is 0 Å². The Labute approximate surface area is 249 Å². The molecule has 0 bridgehead atoms. The minimum atomic E-state index is -0.873. The van der Waals surface area contributed by atoms with E-state index in [1.54, 1.807) is 24.3 Å². The number of rotatable bonds is 10. The lowest BCUT2D eigenvalue weighted by Gasteiger charge is -2.24. The van der Waals surface area contributed by atoms with Gasteiger partial charge in [-0.1, -0.05) is 18.2 Å². The number of hydrogen-bond donors (Lipinski definition) is 3. The molecule has 0 fully saturated rings. The lowest BCUT2D eigenvalue weighted by atomic mass is 10.0. The smallest absolute Gasteiger partial charge is 0.303 e. The van der Waals surface area contributed by atoms with Gasteiger partial charge < -0.3 is 28.9 Å². The first kappa shape index (κ1) is 27.0. The van der Waals surface area contributed by atoms with Crippen molar-refractivity contribution in [1.82, 2.24) is 9.97 Å². The molecular weight excluding hydrogens is 560 g/mol. The van der Waals surface area contributed by atoms with Crippen molar-refractivity contribution in [3.8, 4) is 17.5 Å². The van der Waals surface area contributed by atoms with Gasteiger partial charge in [-0.05, 0) is 55.3 Å². The number of aromatic amines is 1. The summed E-state index contributed by atoms with van der Waals surface area (Å²) >= 11 is 0. The number of H-pyrrole nitrogens is 1. The summed E-state index contributed by atoms with van der Waals surface area (Å²) < 4.78 is 12.9. The molecule has 0 aliphatic rings. The van der Waals surface area contributed by atoms with Crippen molar-refractivity contribution in [2.45, 2.75) is 25.7 Å². The molecular formula is C34H26N4O6. The molecule has 0 saturated heterocycles. The van der Waals surface area contributed by atoms with Gasteiger partial charge in [0.1, 0.15) is 11.1 Å². The maximum atomic E-state index is 11.2. The number of benzene rings is 4. The number of nitriles is 1. The highest BCUT2D eigenvalue weighted by molar-refractivity contribution is 6.34. The zero-order valence-electron chi connectivity index (χ0n) is 23.5. The van der Waals surface area contributed by atoms with Gasteiger partial charge in [0.05, 0.1) is 17.1 Å². The summed E-state index contributed by atoms with van der Waals surface area (Å²) in [6.45, 7) is 0.926. The number of carboxylic acids is 2. The summed E-state index contributed by atoms with van der Waals surface area (Å²) in [6, 6.07) is 23.1. The molecule has 0 aliphatic carbocycles. The Morgan fingerprint density at radius 3 is 2.30 bits per heavy atom. The number of oxazole rings is 1. The first-order chi connectivity index (χ1) is 21.4. The monoisotopic (exact) mass is 586 g/mol. The Bertz CT molecular complexity index is 2250. The molecule has 0 saturated carbocycles. The molecule has 7 aromatic rings. The molecule has 0 spiro atoms. The average Bonchev–Trinajstić information content (AvgIpc) is 3.73. The highest BCUT2D eigenvalue weighted by Crippen LogP contribution is 2.45. The zero-order valence-corrected chi connectivity index (χ0v) is 23.5. The standard InChI is InChI=1S/C34H26N4O6/c35-18-19-9-11-20(12-10-19)34-37-31-30-28(22-5-1-2-6-24(22)36-30)29-23-14-13-21(17-25(23)43-32(29)33(31)44-34)38(15-3-7-26(39)40)16-4-8-27(41)42/h1-2,5-6,9-14,17,36H,3-4,7-8,15-16H2,(H,39,40)(H,41,42). The minimum Gasteiger partial charge on any atom is -0.481 e. The number of fused-ring (bicyclic) bond motifs is 10. The molecule has 4 aromatic carbocycles. The van der Waals surface area contributed by atoms with Crippen molar-refractivity contribution in [2.75, 3.05) is 18.0 Å². The fourth-order valence-corrected chi connectivity index (χ4v) is 5.94. The molecule has 0 radical (unpaired) electrons. The fourth-order valence-electron chi connectivity index (χ4n) is 5.94. The molecule has 0 amide bonds. The van der Waals surface area contributed by atoms with Crippen LogP contribution in [0.2, 0.25) is 0 Å². The molecule has 10 nitrogen and oxygen atoms in total. The Morgan fingerprint density at radius 1 is 0.864 bits per heavy atom. The number of carbonyl (C=O) groups is 2. The van der Waals surface area contributed by atoms with Gasteiger partial charge in [-0.15, -0.1) is 0 Å². The van der Waals surface area contributed by atoms with E-state index in [-0.39, 0.29) is 12.8 Å². The normalized spacial score (nSPS) is 11.6. The zero-order chi connectivity index (χ0) is 30.4. The van der Waals surface area contributed by atoms with Gasteiger partial charge in [-0.25, -0.2) is 4.98 Å². The number of hydrogen-bond acceptors (Lipinski definition) is 7. The van der Waals surface area contributed by atoms with Crippen molar-refractivity contribution in [3.05, 3.63) is 72.3 Å². The molecule has 3 aromatic heterocycles. The quantitative estimate of drug-likeness (QED) is 0.148. The molecule has 3 N–H and O–H groups in total. The first-order valence-electron chi connectivity index (χ1n) is 14.3. The predicted octanol–water partition coefficient (Wildman–Crippen LogP) is 7.44. The second kappa shape index (κ2) is 10.8. The molecule has 3 heterocycles. The molecule has 0 atom stereocenters. The third kappa shape index (κ3) is 4.65. The molecule has 0 aliphatic heterocycles. The maximum absolute atomic E-state index is 11.2. The number of furan rings is 1. The Morgan fingerprint density at radius 2 is 1.59 bits per heavy atom. The molecule has 7 rings (SSSR count). The highest BCUT2D eigenvalue weighted by atomic mass is 16.4. The number of para-hydroxylation sites is 1. The van der Waals surface area contributed by atoms with E-state index in [0.717, 1.165) is 43.8 Å². The topological polar surface area (TPSA) is 157 Å². The Hall–Kier alpha value is -5.82. The van der Waals surface area contributed by atoms with E-state index < -0.39 is 11.9 Å². The third-order valence-corrected chi connectivity index (χ3v) is 7.96. The summed E-state index contributed by atoms with van der Waals surface area (Å²) in [5.74, 6) is -1.34. The lowest BCUT2D eigenvalue weighted by molar-refractivity contribution is -0.138. The van der Waals surface area contributed by atoms with Gasteiger partial charge >= 0.3 is 11.9 Å². The van der Waals surface area contributed by atoms with Gasteiger partial charge in [-0.3, -0.25) is 9.59 Å². The Balaban J connectivity index is 1.42. The minimum absolute atomic E-state index is 0.0197. The van der Waals surface area contributed by atoms with Gasteiger partial charge in [0.25, 0.3) is 0 Å². The number of nitrogens with one attached hydrogen (secondary N) is 1. The van der Waals surface area contributed by atoms with Crippen LogP contribution in [0.25, 0.3) is 66.3 Å². The van der Waals surface area contributed by atoms with Crippen LogP contribution in [-0.2, 0) is 9.59 Å². The van der Waals surface area contributed by atoms with Crippen LogP contribution in [0.1, 0.15) is 31.2 Å². The van der Waals surface area contributed by atoms with Gasteiger partial charge in [-0.2, -0.15) is 5.26 Å². The van der Waals surface area contributed by atoms with Gasteiger partial charge in [0.15, 0.2) is 5.58 Å². The van der Waals surface area contributed by atoms with E-state index in [4.69, 9.17) is 24.0 Å². The number of aliphatic carboxylic acids is 2. The third-order valence-electron chi connectivity index (χ3n) is 7.96. The van der Waals surface area contributed by atoms with Crippen LogP contribution >= 0.6 is 0 Å². The van der Waals surface area contributed by atoms with E-state index in [9.17, 15) is 14.9 Å². The van der Waals surface area contributed by atoms with Crippen LogP contribution in [0, 0.1) is 11.3 Å². The number of anilines is 1. The highest BCUT2D eigenvalue weighted by Gasteiger charge is 2.24. The van der Waals surface area contributed by atoms with Crippen molar-refractivity contribution < 1.29 is 28.6 Å². The van der Waals surface area contributed by atoms with Crippen LogP contribution in [0.3, 0.4) is 0 Å². The number of carboxylic acid groups (broad SMARTS) is 2. The SMILES string of the molecule is N#Cc1ccc(-c2nc3c4[nH]c5ccccc5c4c4c5ccc(N(CCCC(=O)O)CCCC(=O)O)cc5oc4c3o2)cc1. The average molecular weight is 587 g/mol. The maximum Gasteiger partial charge on any atom is 0.303 e. The second-order valence-corrected chi connectivity index (χ2v) is 10.8. The second-order valence-electron chi connectivity index (χ2n) is 10.8. The largest absolute Gasteiger partial charge is 0.481 e. The van der Waals surface area contributed by atoms with E-state index in [1.807, 2.05) is 41.3 Å². The van der Waals surface area contributed by atoms with Crippen molar-refractivity contribution in [1.29, 1.82) is 5.26 Å². The number of nitrogens with zero attached hydrogens (tertiary/aromatic N) is 3. The first-order valence-corrected chi connectivity index (χ1v) is 14.3. The van der Waals surface area contributed by atoms with E-state index in [2.05, 4.69) is 17.1 Å². The van der Waals surface area contributed by atoms with Crippen LogP contribution in [0.4, 0.5) is 5.69 Å². The lowest BCUT2D eigenvalue weighted by Crippen LogP contribution is -2.26. The molecule has 0 unspecified atom stereocenters. The molecule has 10 heteroatoms. The fraction of sp³-hybridized carbons (Fsp3) is 0.176. The molecule has 44 heavy (non-hydrogen) atoms. The van der Waals surface area contributed by atoms with Gasteiger partial charge in [0, 0.05) is 70.3 Å². The summed E-state index contributed by atoms with van der Waals surface area (Å²) in [4.78, 5) is 32.7. The predicted molar refractivity (Wildman–Crippen MR) is 167 cm³/mol. The van der Waals surface area contributed by atoms with E-state index in [0.29, 0.717) is 59.7 Å². The van der Waals surface area contributed by atoms with Crippen LogP contribution < -0.4 is 4.90 Å². The summed E-state index contributed by atoms with van der Waals surface area (Å²) in [5, 5.41) is 31.3. The summed E-state index contributed by atoms with van der Waals surface area (Å²) in [6.07, 6.45) is 0.887. The van der Waals surface area contributed by atoms with E-state index >= 15 is 0 Å². The summed E-state index contributed by atoms with van der Waals surface area (Å²) in [7, 11) is 0. The molecule has 218 valence electrons. The Kier molecular flexibility index (Phi) is 6.63. The van der Waals surface area contributed by atoms with Crippen molar-refractivity contribution >= 4 is 72.5 Å². The van der Waals surface area contributed by atoms with Crippen molar-refractivity contribution in [2.24, 2.45) is 0 Å². The van der Waals surface area contributed by atoms with Crippen LogP contribution in [0.5, 0.6) is 0 Å². The number of aromatic nitrogens is 2. The van der Waals surface area contributed by atoms with Crippen LogP contribution in [-0.4, -0.2) is 45.2 Å².